The summed E-state index contributed by atoms with van der Waals surface area (Å²) < 4.78 is 0. The van der Waals surface area contributed by atoms with Crippen molar-refractivity contribution in [1.29, 1.82) is 0 Å². The second-order valence-electron chi connectivity index (χ2n) is 3.87. The minimum absolute atomic E-state index is 0.182. The van der Waals surface area contributed by atoms with E-state index in [0.717, 1.165) is 18.5 Å². The lowest BCUT2D eigenvalue weighted by atomic mass is 10.2. The lowest BCUT2D eigenvalue weighted by molar-refractivity contribution is -0.138. The Bertz CT molecular complexity index is 461. The maximum atomic E-state index is 11.4. The SMILES string of the molecule is CCCc1cc(=O)[nH]c(SCCC(N)C(=O)O)n1. The van der Waals surface area contributed by atoms with Gasteiger partial charge in [0.2, 0.25) is 0 Å². The van der Waals surface area contributed by atoms with Crippen LogP contribution in [0.15, 0.2) is 16.0 Å². The Balaban J connectivity index is 2.56. The smallest absolute Gasteiger partial charge is 0.320 e. The van der Waals surface area contributed by atoms with Crippen LogP contribution in [0.4, 0.5) is 0 Å². The van der Waals surface area contributed by atoms with Crippen LogP contribution in [0.2, 0.25) is 0 Å². The van der Waals surface area contributed by atoms with Gasteiger partial charge in [0.1, 0.15) is 6.04 Å². The molecular weight excluding hydrogens is 254 g/mol. The second-order valence-corrected chi connectivity index (χ2v) is 4.96. The van der Waals surface area contributed by atoms with Crippen LogP contribution in [0, 0.1) is 0 Å². The second kappa shape index (κ2) is 7.17. The fourth-order valence-electron chi connectivity index (χ4n) is 1.34. The van der Waals surface area contributed by atoms with Crippen molar-refractivity contribution in [2.24, 2.45) is 5.73 Å². The summed E-state index contributed by atoms with van der Waals surface area (Å²) in [5.41, 5.74) is 5.96. The van der Waals surface area contributed by atoms with Gasteiger partial charge in [-0.1, -0.05) is 25.1 Å². The molecule has 0 fully saturated rings. The molecule has 0 amide bonds. The molecule has 1 aromatic rings. The Hall–Kier alpha value is -1.34. The number of thioether (sulfide) groups is 1. The first kappa shape index (κ1) is 14.7. The Morgan fingerprint density at radius 2 is 2.39 bits per heavy atom. The van der Waals surface area contributed by atoms with E-state index in [9.17, 15) is 9.59 Å². The summed E-state index contributed by atoms with van der Waals surface area (Å²) in [6.45, 7) is 2.02. The molecule has 4 N–H and O–H groups in total. The molecule has 0 radical (unpaired) electrons. The van der Waals surface area contributed by atoms with Crippen LogP contribution in [0.5, 0.6) is 0 Å². The van der Waals surface area contributed by atoms with E-state index in [-0.39, 0.29) is 5.56 Å². The van der Waals surface area contributed by atoms with Gasteiger partial charge in [0, 0.05) is 17.5 Å². The van der Waals surface area contributed by atoms with Crippen molar-refractivity contribution in [1.82, 2.24) is 9.97 Å². The third-order valence-electron chi connectivity index (χ3n) is 2.26. The zero-order valence-electron chi connectivity index (χ0n) is 10.2. The predicted octanol–water partition coefficient (Wildman–Crippen LogP) is 0.617. The molecule has 0 aliphatic carbocycles. The molecule has 0 saturated carbocycles. The number of nitrogens with two attached hydrogens (primary N) is 1. The molecule has 1 heterocycles. The van der Waals surface area contributed by atoms with Crippen LogP contribution in [0.3, 0.4) is 0 Å². The number of carboxylic acid groups (broad SMARTS) is 1. The topological polar surface area (TPSA) is 109 Å². The first-order chi connectivity index (χ1) is 8.52. The van der Waals surface area contributed by atoms with Crippen LogP contribution in [0.25, 0.3) is 0 Å². The Morgan fingerprint density at radius 3 is 3.00 bits per heavy atom. The van der Waals surface area contributed by atoms with Gasteiger partial charge in [-0.15, -0.1) is 0 Å². The Morgan fingerprint density at radius 1 is 1.67 bits per heavy atom. The van der Waals surface area contributed by atoms with Crippen LogP contribution >= 0.6 is 11.8 Å². The standard InChI is InChI=1S/C11H17N3O3S/c1-2-3-7-6-9(15)14-11(13-7)18-5-4-8(12)10(16)17/h6,8H,2-5,12H2,1H3,(H,16,17)(H,13,14,15). The fraction of sp³-hybridized carbons (Fsp3) is 0.545. The molecule has 0 spiro atoms. The zero-order valence-corrected chi connectivity index (χ0v) is 11.0. The number of aromatic nitrogens is 2. The maximum absolute atomic E-state index is 11.4. The summed E-state index contributed by atoms with van der Waals surface area (Å²) in [6, 6.07) is 0.611. The molecule has 0 saturated heterocycles. The van der Waals surface area contributed by atoms with E-state index in [2.05, 4.69) is 9.97 Å². The molecule has 0 bridgehead atoms. The largest absolute Gasteiger partial charge is 0.480 e. The Labute approximate surface area is 109 Å². The van der Waals surface area contributed by atoms with Crippen LogP contribution in [-0.2, 0) is 11.2 Å². The summed E-state index contributed by atoms with van der Waals surface area (Å²) in [7, 11) is 0. The zero-order chi connectivity index (χ0) is 13.5. The van der Waals surface area contributed by atoms with Gasteiger partial charge in [0.15, 0.2) is 5.16 Å². The highest BCUT2D eigenvalue weighted by Crippen LogP contribution is 2.13. The van der Waals surface area contributed by atoms with E-state index in [1.807, 2.05) is 6.92 Å². The highest BCUT2D eigenvalue weighted by molar-refractivity contribution is 7.99. The van der Waals surface area contributed by atoms with Crippen molar-refractivity contribution in [2.75, 3.05) is 5.75 Å². The van der Waals surface area contributed by atoms with Crippen molar-refractivity contribution in [2.45, 2.75) is 37.4 Å². The van der Waals surface area contributed by atoms with Crippen molar-refractivity contribution in [3.05, 3.63) is 22.1 Å². The van der Waals surface area contributed by atoms with Gasteiger partial charge >= 0.3 is 5.97 Å². The van der Waals surface area contributed by atoms with Crippen molar-refractivity contribution >= 4 is 17.7 Å². The summed E-state index contributed by atoms with van der Waals surface area (Å²) >= 11 is 1.31. The van der Waals surface area contributed by atoms with Gasteiger partial charge < -0.3 is 15.8 Å². The van der Waals surface area contributed by atoms with Crippen LogP contribution in [0.1, 0.15) is 25.5 Å². The van der Waals surface area contributed by atoms with Gasteiger partial charge in [0.05, 0.1) is 0 Å². The number of nitrogens with zero attached hydrogens (tertiary/aromatic N) is 1. The first-order valence-electron chi connectivity index (χ1n) is 5.74. The molecule has 6 nitrogen and oxygen atoms in total. The lowest BCUT2D eigenvalue weighted by Crippen LogP contribution is -2.30. The third kappa shape index (κ3) is 4.89. The van der Waals surface area contributed by atoms with Crippen LogP contribution < -0.4 is 11.3 Å². The highest BCUT2D eigenvalue weighted by Gasteiger charge is 2.11. The minimum Gasteiger partial charge on any atom is -0.480 e. The van der Waals surface area contributed by atoms with Crippen molar-refractivity contribution in [3.63, 3.8) is 0 Å². The molecule has 18 heavy (non-hydrogen) atoms. The molecule has 1 unspecified atom stereocenters. The normalized spacial score (nSPS) is 12.3. The van der Waals surface area contributed by atoms with Gasteiger partial charge in [-0.2, -0.15) is 0 Å². The van der Waals surface area contributed by atoms with E-state index in [1.54, 1.807) is 0 Å². The van der Waals surface area contributed by atoms with E-state index in [1.165, 1.54) is 17.8 Å². The van der Waals surface area contributed by atoms with Gasteiger partial charge in [-0.3, -0.25) is 9.59 Å². The summed E-state index contributed by atoms with van der Waals surface area (Å²) in [5, 5.41) is 9.15. The quantitative estimate of drug-likeness (QED) is 0.495. The van der Waals surface area contributed by atoms with E-state index in [0.29, 0.717) is 17.3 Å². The number of rotatable bonds is 7. The molecule has 1 rings (SSSR count). The van der Waals surface area contributed by atoms with Crippen molar-refractivity contribution < 1.29 is 9.90 Å². The maximum Gasteiger partial charge on any atom is 0.320 e. The van der Waals surface area contributed by atoms with Crippen molar-refractivity contribution in [3.8, 4) is 0 Å². The number of aliphatic carboxylic acids is 1. The molecule has 0 aliphatic rings. The van der Waals surface area contributed by atoms with E-state index < -0.39 is 12.0 Å². The highest BCUT2D eigenvalue weighted by atomic mass is 32.2. The molecule has 0 aliphatic heterocycles. The molecule has 1 atom stereocenters. The molecule has 7 heteroatoms. The number of aromatic amines is 1. The fourth-order valence-corrected chi connectivity index (χ4v) is 2.26. The monoisotopic (exact) mass is 271 g/mol. The minimum atomic E-state index is -1.02. The third-order valence-corrected chi connectivity index (χ3v) is 3.17. The molecular formula is C11H17N3O3S. The van der Waals surface area contributed by atoms with E-state index in [4.69, 9.17) is 10.8 Å². The average molecular weight is 271 g/mol. The average Bonchev–Trinajstić information content (AvgIpc) is 2.28. The molecule has 1 aromatic heterocycles. The number of carbonyl (C=O) groups is 1. The lowest BCUT2D eigenvalue weighted by Gasteiger charge is -2.06. The summed E-state index contributed by atoms with van der Waals surface area (Å²) in [6.07, 6.45) is 2.01. The van der Waals surface area contributed by atoms with Gasteiger partial charge in [-0.25, -0.2) is 4.98 Å². The summed E-state index contributed by atoms with van der Waals surface area (Å²) in [4.78, 5) is 28.8. The van der Waals surface area contributed by atoms with Crippen LogP contribution in [-0.4, -0.2) is 32.8 Å². The van der Waals surface area contributed by atoms with Gasteiger partial charge in [-0.05, 0) is 12.8 Å². The molecule has 0 aromatic carbocycles. The number of H-pyrrole nitrogens is 1. The number of aryl methyl sites for hydroxylation is 1. The Kier molecular flexibility index (Phi) is 5.87. The number of carboxylic acids is 1. The number of hydrogen-bond acceptors (Lipinski definition) is 5. The number of nitrogens with one attached hydrogen (secondary N) is 1. The van der Waals surface area contributed by atoms with Gasteiger partial charge in [0.25, 0.3) is 5.56 Å². The molecule has 100 valence electrons. The first-order valence-corrected chi connectivity index (χ1v) is 6.73. The number of hydrogen-bond donors (Lipinski definition) is 3. The summed E-state index contributed by atoms with van der Waals surface area (Å²) in [5.74, 6) is -0.511. The predicted molar refractivity (Wildman–Crippen MR) is 69.8 cm³/mol. The van der Waals surface area contributed by atoms with E-state index >= 15 is 0 Å².